The average molecular weight is 285 g/mol. The highest BCUT2D eigenvalue weighted by Crippen LogP contribution is 2.32. The van der Waals surface area contributed by atoms with Crippen molar-refractivity contribution in [3.63, 3.8) is 0 Å². The molecule has 3 heteroatoms. The van der Waals surface area contributed by atoms with Gasteiger partial charge in [-0.2, -0.15) is 0 Å². The SMILES string of the molecule is CCC1CCCC(N)(Cc2nc3ccccc3n2C)CC1. The number of para-hydroxylation sites is 2. The molecule has 2 N–H and O–H groups in total. The van der Waals surface area contributed by atoms with Crippen LogP contribution in [0.3, 0.4) is 0 Å². The molecule has 1 fully saturated rings. The summed E-state index contributed by atoms with van der Waals surface area (Å²) < 4.78 is 2.21. The van der Waals surface area contributed by atoms with E-state index in [1.807, 2.05) is 0 Å². The fourth-order valence-electron chi connectivity index (χ4n) is 3.76. The summed E-state index contributed by atoms with van der Waals surface area (Å²) >= 11 is 0. The van der Waals surface area contributed by atoms with Gasteiger partial charge in [0.05, 0.1) is 11.0 Å². The van der Waals surface area contributed by atoms with E-state index in [2.05, 4.69) is 42.8 Å². The summed E-state index contributed by atoms with van der Waals surface area (Å²) in [7, 11) is 2.11. The number of benzene rings is 1. The molecule has 114 valence electrons. The number of aryl methyl sites for hydroxylation is 1. The Bertz CT molecular complexity index is 616. The van der Waals surface area contributed by atoms with Crippen molar-refractivity contribution in [1.82, 2.24) is 9.55 Å². The van der Waals surface area contributed by atoms with Gasteiger partial charge in [-0.1, -0.05) is 38.3 Å². The Kier molecular flexibility index (Phi) is 4.03. The van der Waals surface area contributed by atoms with Gasteiger partial charge >= 0.3 is 0 Å². The third-order valence-corrected chi connectivity index (χ3v) is 5.30. The molecule has 2 atom stereocenters. The van der Waals surface area contributed by atoms with E-state index in [1.165, 1.54) is 31.2 Å². The van der Waals surface area contributed by atoms with E-state index in [1.54, 1.807) is 0 Å². The topological polar surface area (TPSA) is 43.8 Å². The monoisotopic (exact) mass is 285 g/mol. The van der Waals surface area contributed by atoms with E-state index in [9.17, 15) is 0 Å². The van der Waals surface area contributed by atoms with E-state index in [0.29, 0.717) is 0 Å². The van der Waals surface area contributed by atoms with Crippen LogP contribution in [0, 0.1) is 5.92 Å². The molecule has 3 nitrogen and oxygen atoms in total. The van der Waals surface area contributed by atoms with Crippen LogP contribution in [-0.2, 0) is 13.5 Å². The van der Waals surface area contributed by atoms with Crippen LogP contribution in [0.1, 0.15) is 51.3 Å². The molecule has 0 radical (unpaired) electrons. The quantitative estimate of drug-likeness (QED) is 0.872. The lowest BCUT2D eigenvalue weighted by Gasteiger charge is -2.28. The molecule has 2 unspecified atom stereocenters. The summed E-state index contributed by atoms with van der Waals surface area (Å²) in [6.07, 6.45) is 8.34. The van der Waals surface area contributed by atoms with Crippen LogP contribution in [0.5, 0.6) is 0 Å². The molecule has 0 aliphatic heterocycles. The van der Waals surface area contributed by atoms with Gasteiger partial charge in [0, 0.05) is 19.0 Å². The maximum absolute atomic E-state index is 6.75. The van der Waals surface area contributed by atoms with Crippen LogP contribution < -0.4 is 5.73 Å². The maximum Gasteiger partial charge on any atom is 0.111 e. The van der Waals surface area contributed by atoms with Crippen molar-refractivity contribution in [3.8, 4) is 0 Å². The molecule has 1 saturated carbocycles. The number of nitrogens with two attached hydrogens (primary N) is 1. The van der Waals surface area contributed by atoms with Crippen LogP contribution in [0.15, 0.2) is 24.3 Å². The van der Waals surface area contributed by atoms with Crippen LogP contribution in [0.4, 0.5) is 0 Å². The van der Waals surface area contributed by atoms with Crippen molar-refractivity contribution in [2.75, 3.05) is 0 Å². The molecule has 0 saturated heterocycles. The third-order valence-electron chi connectivity index (χ3n) is 5.30. The number of hydrogen-bond acceptors (Lipinski definition) is 2. The van der Waals surface area contributed by atoms with E-state index >= 15 is 0 Å². The molecule has 2 aromatic rings. The third kappa shape index (κ3) is 2.98. The fourth-order valence-corrected chi connectivity index (χ4v) is 3.76. The number of fused-ring (bicyclic) bond motifs is 1. The Morgan fingerprint density at radius 1 is 1.29 bits per heavy atom. The zero-order chi connectivity index (χ0) is 14.9. The van der Waals surface area contributed by atoms with Gasteiger partial charge in [-0.3, -0.25) is 0 Å². The van der Waals surface area contributed by atoms with Crippen LogP contribution in [0.2, 0.25) is 0 Å². The molecular formula is C18H27N3. The fraction of sp³-hybridized carbons (Fsp3) is 0.611. The van der Waals surface area contributed by atoms with Crippen molar-refractivity contribution in [2.45, 2.75) is 57.4 Å². The van der Waals surface area contributed by atoms with E-state index in [0.717, 1.165) is 36.5 Å². The smallest absolute Gasteiger partial charge is 0.111 e. The number of aromatic nitrogens is 2. The largest absolute Gasteiger partial charge is 0.331 e. The summed E-state index contributed by atoms with van der Waals surface area (Å²) in [4.78, 5) is 4.80. The van der Waals surface area contributed by atoms with Gasteiger partial charge in [0.25, 0.3) is 0 Å². The van der Waals surface area contributed by atoms with Gasteiger partial charge in [0.1, 0.15) is 5.82 Å². The molecule has 1 aromatic carbocycles. The zero-order valence-electron chi connectivity index (χ0n) is 13.3. The molecule has 3 rings (SSSR count). The first kappa shape index (κ1) is 14.6. The highest BCUT2D eigenvalue weighted by Gasteiger charge is 2.30. The Morgan fingerprint density at radius 2 is 2.10 bits per heavy atom. The van der Waals surface area contributed by atoms with Gasteiger partial charge in [0.2, 0.25) is 0 Å². The molecule has 21 heavy (non-hydrogen) atoms. The van der Waals surface area contributed by atoms with Crippen molar-refractivity contribution in [1.29, 1.82) is 0 Å². The Labute approximate surface area is 127 Å². The predicted octanol–water partition coefficient (Wildman–Crippen LogP) is 3.80. The normalized spacial score (nSPS) is 26.9. The Morgan fingerprint density at radius 3 is 2.86 bits per heavy atom. The highest BCUT2D eigenvalue weighted by molar-refractivity contribution is 5.75. The first-order valence-corrected chi connectivity index (χ1v) is 8.30. The minimum Gasteiger partial charge on any atom is -0.331 e. The van der Waals surface area contributed by atoms with Crippen molar-refractivity contribution in [3.05, 3.63) is 30.1 Å². The lowest BCUT2D eigenvalue weighted by molar-refractivity contribution is 0.350. The second-order valence-electron chi connectivity index (χ2n) is 6.82. The van der Waals surface area contributed by atoms with E-state index in [4.69, 9.17) is 10.7 Å². The molecule has 1 aromatic heterocycles. The van der Waals surface area contributed by atoms with Crippen LogP contribution in [-0.4, -0.2) is 15.1 Å². The van der Waals surface area contributed by atoms with Crippen LogP contribution >= 0.6 is 0 Å². The lowest BCUT2D eigenvalue weighted by Crippen LogP contribution is -2.42. The zero-order valence-corrected chi connectivity index (χ0v) is 13.3. The molecule has 0 bridgehead atoms. The van der Waals surface area contributed by atoms with E-state index in [-0.39, 0.29) is 5.54 Å². The first-order chi connectivity index (χ1) is 10.1. The van der Waals surface area contributed by atoms with Gasteiger partial charge in [-0.15, -0.1) is 0 Å². The molecular weight excluding hydrogens is 258 g/mol. The average Bonchev–Trinajstić information content (AvgIpc) is 2.67. The standard InChI is InChI=1S/C18H27N3/c1-3-14-7-6-11-18(19,12-10-14)13-17-20-15-8-4-5-9-16(15)21(17)2/h4-5,8-9,14H,3,6-7,10-13,19H2,1-2H3. The first-order valence-electron chi connectivity index (χ1n) is 8.30. The second kappa shape index (κ2) is 5.80. The lowest BCUT2D eigenvalue weighted by atomic mass is 9.87. The summed E-state index contributed by atoms with van der Waals surface area (Å²) in [5, 5.41) is 0. The Balaban J connectivity index is 1.82. The maximum atomic E-state index is 6.75. The molecule has 0 amide bonds. The summed E-state index contributed by atoms with van der Waals surface area (Å²) in [6, 6.07) is 8.34. The highest BCUT2D eigenvalue weighted by atomic mass is 15.1. The number of imidazole rings is 1. The van der Waals surface area contributed by atoms with Gasteiger partial charge in [-0.05, 0) is 37.3 Å². The summed E-state index contributed by atoms with van der Waals surface area (Å²) in [6.45, 7) is 2.31. The molecule has 1 aliphatic rings. The molecule has 1 aliphatic carbocycles. The van der Waals surface area contributed by atoms with Gasteiger partial charge < -0.3 is 10.3 Å². The number of hydrogen-bond donors (Lipinski definition) is 1. The molecule has 0 spiro atoms. The minimum atomic E-state index is -0.0704. The van der Waals surface area contributed by atoms with Crippen molar-refractivity contribution < 1.29 is 0 Å². The van der Waals surface area contributed by atoms with E-state index < -0.39 is 0 Å². The summed E-state index contributed by atoms with van der Waals surface area (Å²) in [5.41, 5.74) is 8.96. The minimum absolute atomic E-state index is 0.0704. The van der Waals surface area contributed by atoms with Crippen molar-refractivity contribution in [2.24, 2.45) is 18.7 Å². The Hall–Kier alpha value is -1.35. The number of rotatable bonds is 3. The molecule has 1 heterocycles. The van der Waals surface area contributed by atoms with Gasteiger partial charge in [0.15, 0.2) is 0 Å². The number of nitrogens with zero attached hydrogens (tertiary/aromatic N) is 2. The van der Waals surface area contributed by atoms with Crippen LogP contribution in [0.25, 0.3) is 11.0 Å². The van der Waals surface area contributed by atoms with Gasteiger partial charge in [-0.25, -0.2) is 4.98 Å². The summed E-state index contributed by atoms with van der Waals surface area (Å²) in [5.74, 6) is 2.00. The van der Waals surface area contributed by atoms with Crippen molar-refractivity contribution >= 4 is 11.0 Å². The second-order valence-corrected chi connectivity index (χ2v) is 6.82. The predicted molar refractivity (Wildman–Crippen MR) is 88.2 cm³/mol.